The molecular weight excluding hydrogens is 128 g/mol. The quantitative estimate of drug-likeness (QED) is 0.579. The SMILES string of the molecule is O=C1CC2CC(CO)C1C2. The highest BCUT2D eigenvalue weighted by molar-refractivity contribution is 5.84. The summed E-state index contributed by atoms with van der Waals surface area (Å²) in [5.41, 5.74) is 0. The molecule has 2 aliphatic rings. The molecule has 0 aromatic carbocycles. The Bertz CT molecular complexity index is 165. The minimum atomic E-state index is 0.215. The maximum atomic E-state index is 11.1. The van der Waals surface area contributed by atoms with Crippen molar-refractivity contribution in [2.75, 3.05) is 6.61 Å². The first-order valence-electron chi connectivity index (χ1n) is 3.95. The van der Waals surface area contributed by atoms with E-state index < -0.39 is 0 Å². The normalized spacial score (nSPS) is 44.9. The van der Waals surface area contributed by atoms with Crippen molar-refractivity contribution in [3.63, 3.8) is 0 Å². The highest BCUT2D eigenvalue weighted by atomic mass is 16.3. The van der Waals surface area contributed by atoms with Gasteiger partial charge in [-0.15, -0.1) is 0 Å². The van der Waals surface area contributed by atoms with Gasteiger partial charge in [-0.3, -0.25) is 4.79 Å². The predicted molar refractivity (Wildman–Crippen MR) is 36.4 cm³/mol. The molecule has 1 N–H and O–H groups in total. The molecule has 2 saturated carbocycles. The van der Waals surface area contributed by atoms with Crippen molar-refractivity contribution in [2.45, 2.75) is 19.3 Å². The first-order valence-corrected chi connectivity index (χ1v) is 3.95. The highest BCUT2D eigenvalue weighted by Gasteiger charge is 2.44. The van der Waals surface area contributed by atoms with Crippen molar-refractivity contribution in [1.29, 1.82) is 0 Å². The number of fused-ring (bicyclic) bond motifs is 2. The van der Waals surface area contributed by atoms with Gasteiger partial charge in [0.25, 0.3) is 0 Å². The summed E-state index contributed by atoms with van der Waals surface area (Å²) in [5.74, 6) is 1.56. The Kier molecular flexibility index (Phi) is 1.31. The second kappa shape index (κ2) is 2.06. The molecule has 56 valence electrons. The molecule has 10 heavy (non-hydrogen) atoms. The average molecular weight is 140 g/mol. The molecule has 0 spiro atoms. The summed E-state index contributed by atoms with van der Waals surface area (Å²) in [6.45, 7) is 0.215. The lowest BCUT2D eigenvalue weighted by molar-refractivity contribution is -0.123. The van der Waals surface area contributed by atoms with Gasteiger partial charge in [0.05, 0.1) is 0 Å². The lowest BCUT2D eigenvalue weighted by Gasteiger charge is -2.17. The Morgan fingerprint density at radius 1 is 1.50 bits per heavy atom. The minimum absolute atomic E-state index is 0.215. The van der Waals surface area contributed by atoms with Crippen LogP contribution in [0.25, 0.3) is 0 Å². The van der Waals surface area contributed by atoms with E-state index in [9.17, 15) is 4.79 Å². The van der Waals surface area contributed by atoms with Gasteiger partial charge < -0.3 is 5.11 Å². The molecule has 2 aliphatic carbocycles. The van der Waals surface area contributed by atoms with Crippen LogP contribution in [0.5, 0.6) is 0 Å². The van der Waals surface area contributed by atoms with Crippen molar-refractivity contribution < 1.29 is 9.90 Å². The van der Waals surface area contributed by atoms with Crippen LogP contribution in [0.15, 0.2) is 0 Å². The van der Waals surface area contributed by atoms with Gasteiger partial charge >= 0.3 is 0 Å². The van der Waals surface area contributed by atoms with E-state index in [0.717, 1.165) is 19.3 Å². The van der Waals surface area contributed by atoms with Crippen LogP contribution in [0.3, 0.4) is 0 Å². The smallest absolute Gasteiger partial charge is 0.136 e. The third-order valence-corrected chi connectivity index (χ3v) is 2.93. The number of aliphatic hydroxyl groups is 1. The van der Waals surface area contributed by atoms with E-state index in [1.54, 1.807) is 0 Å². The summed E-state index contributed by atoms with van der Waals surface area (Å²) in [6.07, 6.45) is 2.94. The Hall–Kier alpha value is -0.370. The molecular formula is C8H12O2. The van der Waals surface area contributed by atoms with Crippen molar-refractivity contribution >= 4 is 5.78 Å². The highest BCUT2D eigenvalue weighted by Crippen LogP contribution is 2.45. The topological polar surface area (TPSA) is 37.3 Å². The predicted octanol–water partition coefficient (Wildman–Crippen LogP) is 0.594. The fourth-order valence-corrected chi connectivity index (χ4v) is 2.44. The number of ketones is 1. The van der Waals surface area contributed by atoms with Gasteiger partial charge in [0.1, 0.15) is 5.78 Å². The number of hydrogen-bond donors (Lipinski definition) is 1. The van der Waals surface area contributed by atoms with Gasteiger partial charge in [0.15, 0.2) is 0 Å². The Balaban J connectivity index is 2.12. The zero-order valence-corrected chi connectivity index (χ0v) is 5.92. The molecule has 3 unspecified atom stereocenters. The van der Waals surface area contributed by atoms with Crippen LogP contribution in [-0.2, 0) is 4.79 Å². The summed E-state index contributed by atoms with van der Waals surface area (Å²) in [7, 11) is 0. The van der Waals surface area contributed by atoms with E-state index in [-0.39, 0.29) is 12.5 Å². The van der Waals surface area contributed by atoms with Gasteiger partial charge in [0, 0.05) is 18.9 Å². The van der Waals surface area contributed by atoms with Gasteiger partial charge in [-0.25, -0.2) is 0 Å². The van der Waals surface area contributed by atoms with Gasteiger partial charge in [-0.2, -0.15) is 0 Å². The van der Waals surface area contributed by atoms with Crippen molar-refractivity contribution in [1.82, 2.24) is 0 Å². The van der Waals surface area contributed by atoms with E-state index in [0.29, 0.717) is 17.6 Å². The molecule has 2 heteroatoms. The fourth-order valence-electron chi connectivity index (χ4n) is 2.44. The van der Waals surface area contributed by atoms with Gasteiger partial charge in [-0.05, 0) is 24.7 Å². The van der Waals surface area contributed by atoms with Crippen LogP contribution in [0, 0.1) is 17.8 Å². The van der Waals surface area contributed by atoms with E-state index >= 15 is 0 Å². The zero-order chi connectivity index (χ0) is 7.14. The molecule has 0 aromatic heterocycles. The number of hydrogen-bond acceptors (Lipinski definition) is 2. The van der Waals surface area contributed by atoms with Crippen LogP contribution in [0.4, 0.5) is 0 Å². The number of carbonyl (C=O) groups excluding carboxylic acids is 1. The maximum Gasteiger partial charge on any atom is 0.136 e. The Labute approximate surface area is 60.2 Å². The Morgan fingerprint density at radius 3 is 2.70 bits per heavy atom. The lowest BCUT2D eigenvalue weighted by Crippen LogP contribution is -2.22. The van der Waals surface area contributed by atoms with Crippen LogP contribution < -0.4 is 0 Å². The standard InChI is InChI=1S/C8H12O2/c9-4-6-1-5-2-7(6)8(10)3-5/h5-7,9H,1-4H2. The van der Waals surface area contributed by atoms with Crippen molar-refractivity contribution in [2.24, 2.45) is 17.8 Å². The summed E-state index contributed by atoms with van der Waals surface area (Å²) in [4.78, 5) is 11.1. The first-order chi connectivity index (χ1) is 4.81. The second-order valence-electron chi connectivity index (χ2n) is 3.56. The van der Waals surface area contributed by atoms with Crippen molar-refractivity contribution in [3.05, 3.63) is 0 Å². The first kappa shape index (κ1) is 6.35. The number of Topliss-reactive ketones (excluding diaryl/α,β-unsaturated/α-hetero) is 1. The molecule has 0 amide bonds. The summed E-state index contributed by atoms with van der Waals surface area (Å²) < 4.78 is 0. The minimum Gasteiger partial charge on any atom is -0.396 e. The fraction of sp³-hybridized carbons (Fsp3) is 0.875. The van der Waals surface area contributed by atoms with Crippen molar-refractivity contribution in [3.8, 4) is 0 Å². The molecule has 2 bridgehead atoms. The molecule has 3 atom stereocenters. The summed E-state index contributed by atoms with van der Waals surface area (Å²) >= 11 is 0. The largest absolute Gasteiger partial charge is 0.396 e. The lowest BCUT2D eigenvalue weighted by atomic mass is 9.89. The molecule has 0 aliphatic heterocycles. The molecule has 2 fully saturated rings. The third kappa shape index (κ3) is 0.717. The van der Waals surface area contributed by atoms with E-state index in [1.807, 2.05) is 0 Å². The second-order valence-corrected chi connectivity index (χ2v) is 3.56. The molecule has 0 saturated heterocycles. The summed E-state index contributed by atoms with van der Waals surface area (Å²) in [6, 6.07) is 0. The van der Waals surface area contributed by atoms with Gasteiger partial charge in [0.2, 0.25) is 0 Å². The van der Waals surface area contributed by atoms with E-state index in [4.69, 9.17) is 5.11 Å². The number of aliphatic hydroxyl groups excluding tert-OH is 1. The van der Waals surface area contributed by atoms with Crippen LogP contribution in [-0.4, -0.2) is 17.5 Å². The zero-order valence-electron chi connectivity index (χ0n) is 5.92. The van der Waals surface area contributed by atoms with Crippen LogP contribution in [0.1, 0.15) is 19.3 Å². The van der Waals surface area contributed by atoms with Crippen LogP contribution >= 0.6 is 0 Å². The van der Waals surface area contributed by atoms with Gasteiger partial charge in [-0.1, -0.05) is 0 Å². The van der Waals surface area contributed by atoms with E-state index in [2.05, 4.69) is 0 Å². The monoisotopic (exact) mass is 140 g/mol. The molecule has 2 nitrogen and oxygen atoms in total. The maximum absolute atomic E-state index is 11.1. The molecule has 0 radical (unpaired) electrons. The Morgan fingerprint density at radius 2 is 2.30 bits per heavy atom. The molecule has 0 heterocycles. The summed E-state index contributed by atoms with van der Waals surface area (Å²) in [5, 5.41) is 8.85. The molecule has 0 aromatic rings. The van der Waals surface area contributed by atoms with Crippen LogP contribution in [0.2, 0.25) is 0 Å². The number of rotatable bonds is 1. The average Bonchev–Trinajstić information content (AvgIpc) is 2.44. The third-order valence-electron chi connectivity index (χ3n) is 2.93. The number of carbonyl (C=O) groups is 1. The van der Waals surface area contributed by atoms with E-state index in [1.165, 1.54) is 0 Å². The molecule has 2 rings (SSSR count).